The molecule has 6 nitrogen and oxygen atoms in total. The van der Waals surface area contributed by atoms with Gasteiger partial charge in [0.05, 0.1) is 19.3 Å². The van der Waals surface area contributed by atoms with E-state index in [0.717, 1.165) is 11.1 Å². The van der Waals surface area contributed by atoms with Crippen LogP contribution in [-0.2, 0) is 15.8 Å². The number of para-hydroxylation sites is 1. The Labute approximate surface area is 280 Å². The highest BCUT2D eigenvalue weighted by molar-refractivity contribution is 6.74. The summed E-state index contributed by atoms with van der Waals surface area (Å²) in [7, 11) is -0.658. The third-order valence-electron chi connectivity index (χ3n) is 9.01. The lowest BCUT2D eigenvalue weighted by molar-refractivity contribution is -0.118. The summed E-state index contributed by atoms with van der Waals surface area (Å²) in [4.78, 5) is 13.4. The molecular weight excluding hydrogens is 610 g/mol. The van der Waals surface area contributed by atoms with Gasteiger partial charge in [-0.15, -0.1) is 0 Å². The summed E-state index contributed by atoms with van der Waals surface area (Å²) < 4.78 is 32.6. The van der Waals surface area contributed by atoms with Crippen molar-refractivity contribution in [2.75, 3.05) is 12.4 Å². The van der Waals surface area contributed by atoms with Crippen molar-refractivity contribution in [3.05, 3.63) is 126 Å². The number of ether oxygens (including phenoxy) is 2. The van der Waals surface area contributed by atoms with Crippen LogP contribution in [0.3, 0.4) is 0 Å². The molecule has 0 fully saturated rings. The lowest BCUT2D eigenvalue weighted by Crippen LogP contribution is -2.42. The van der Waals surface area contributed by atoms with Crippen molar-refractivity contribution in [2.24, 2.45) is 5.92 Å². The zero-order valence-corrected chi connectivity index (χ0v) is 29.3. The summed E-state index contributed by atoms with van der Waals surface area (Å²) in [5.74, 6) is 0.0814. The van der Waals surface area contributed by atoms with E-state index in [-0.39, 0.29) is 29.3 Å². The van der Waals surface area contributed by atoms with Crippen molar-refractivity contribution in [1.82, 2.24) is 0 Å². The molecule has 0 aromatic heterocycles. The second kappa shape index (κ2) is 16.2. The van der Waals surface area contributed by atoms with Crippen LogP contribution in [0.15, 0.2) is 103 Å². The first kappa shape index (κ1) is 35.9. The molecule has 4 aromatic rings. The lowest BCUT2D eigenvalue weighted by Gasteiger charge is -2.40. The van der Waals surface area contributed by atoms with Gasteiger partial charge in [-0.1, -0.05) is 81.4 Å². The van der Waals surface area contributed by atoms with E-state index < -0.39 is 20.3 Å². The molecule has 0 heterocycles. The lowest BCUT2D eigenvalue weighted by atomic mass is 9.86. The summed E-state index contributed by atoms with van der Waals surface area (Å²) in [5, 5.41) is 15.0. The van der Waals surface area contributed by atoms with Gasteiger partial charge in [0.2, 0.25) is 5.91 Å². The van der Waals surface area contributed by atoms with E-state index in [1.807, 2.05) is 60.7 Å². The maximum Gasteiger partial charge on any atom is 0.224 e. The van der Waals surface area contributed by atoms with Gasteiger partial charge in [-0.25, -0.2) is 4.39 Å². The number of aliphatic hydroxyl groups is 1. The quantitative estimate of drug-likeness (QED) is 0.125. The topological polar surface area (TPSA) is 77.0 Å². The van der Waals surface area contributed by atoms with Crippen LogP contribution in [0.5, 0.6) is 11.5 Å². The van der Waals surface area contributed by atoms with Gasteiger partial charge in [0, 0.05) is 23.7 Å². The van der Waals surface area contributed by atoms with Crippen molar-refractivity contribution < 1.29 is 28.2 Å². The molecular formula is C39H48FNO5Si. The Bertz CT molecular complexity index is 1560. The molecule has 4 aromatic carbocycles. The van der Waals surface area contributed by atoms with Gasteiger partial charge in [-0.2, -0.15) is 0 Å². The number of anilines is 1. The summed E-state index contributed by atoms with van der Waals surface area (Å²) >= 11 is 0. The van der Waals surface area contributed by atoms with Crippen LogP contribution in [0.1, 0.15) is 68.9 Å². The van der Waals surface area contributed by atoms with Crippen molar-refractivity contribution in [1.29, 1.82) is 0 Å². The van der Waals surface area contributed by atoms with Gasteiger partial charge < -0.3 is 24.3 Å². The van der Waals surface area contributed by atoms with E-state index >= 15 is 0 Å². The molecule has 2 N–H and O–H groups in total. The van der Waals surface area contributed by atoms with E-state index in [2.05, 4.69) is 39.2 Å². The molecule has 0 aliphatic heterocycles. The Hall–Kier alpha value is -3.98. The fourth-order valence-electron chi connectivity index (χ4n) is 5.21. The highest BCUT2D eigenvalue weighted by Gasteiger charge is 2.40. The van der Waals surface area contributed by atoms with Gasteiger partial charge in [-0.3, -0.25) is 4.79 Å². The third-order valence-corrected chi connectivity index (χ3v) is 13.5. The molecule has 0 bridgehead atoms. The van der Waals surface area contributed by atoms with E-state index in [1.165, 1.54) is 12.1 Å². The minimum atomic E-state index is -2.24. The average Bonchev–Trinajstić information content (AvgIpc) is 3.05. The Balaban J connectivity index is 1.65. The summed E-state index contributed by atoms with van der Waals surface area (Å²) in [5.41, 5.74) is 3.12. The summed E-state index contributed by atoms with van der Waals surface area (Å²) in [6.07, 6.45) is -0.321. The second-order valence-corrected chi connectivity index (χ2v) is 18.3. The first-order chi connectivity index (χ1) is 22.4. The molecule has 47 heavy (non-hydrogen) atoms. The maximum atomic E-state index is 13.9. The number of hydrogen-bond acceptors (Lipinski definition) is 5. The number of methoxy groups -OCH3 is 1. The number of benzene rings is 4. The zero-order chi connectivity index (χ0) is 34.0. The van der Waals surface area contributed by atoms with Crippen molar-refractivity contribution in [3.8, 4) is 11.5 Å². The van der Waals surface area contributed by atoms with Crippen LogP contribution in [-0.4, -0.2) is 26.4 Å². The van der Waals surface area contributed by atoms with Gasteiger partial charge in [0.1, 0.15) is 23.9 Å². The largest absolute Gasteiger partial charge is 0.497 e. The van der Waals surface area contributed by atoms with Crippen molar-refractivity contribution in [3.63, 3.8) is 0 Å². The molecule has 0 radical (unpaired) electrons. The number of aliphatic hydroxyl groups excluding tert-OH is 1. The number of carbonyl (C=O) groups is 1. The molecule has 0 saturated heterocycles. The molecule has 0 aliphatic rings. The maximum absolute atomic E-state index is 13.9. The first-order valence-corrected chi connectivity index (χ1v) is 19.1. The zero-order valence-electron chi connectivity index (χ0n) is 28.3. The number of hydrogen-bond donors (Lipinski definition) is 2. The highest BCUT2D eigenvalue weighted by Crippen LogP contribution is 2.43. The molecule has 0 saturated carbocycles. The van der Waals surface area contributed by atoms with Crippen molar-refractivity contribution >= 4 is 19.9 Å². The number of nitrogens with one attached hydrogen (secondary N) is 1. The van der Waals surface area contributed by atoms with E-state index in [4.69, 9.17) is 13.9 Å². The van der Waals surface area contributed by atoms with Crippen LogP contribution < -0.4 is 14.8 Å². The van der Waals surface area contributed by atoms with E-state index in [9.17, 15) is 14.3 Å². The summed E-state index contributed by atoms with van der Waals surface area (Å²) in [6, 6.07) is 30.9. The standard InChI is InChI=1S/C39H48FNO5Si/c1-39(2,3)47(5,6)46-35(29-17-20-31(40)21-18-29)24-19-30(25-37(42)41-32-15-11-8-12-16-32)38(43)34-23-22-33(44-4)26-36(34)45-27-28-13-9-7-10-14-28/h7-18,20-23,26,30,35,38,43H,19,24-25,27H2,1-6H3,(H,41,42)/t30?,35-,38+/m0/s1. The Morgan fingerprint density at radius 2 is 1.53 bits per heavy atom. The fraction of sp³-hybridized carbons (Fsp3) is 0.359. The molecule has 8 heteroatoms. The SMILES string of the molecule is COc1ccc([C@H](O)C(CC[C@H](O[Si](C)(C)C(C)(C)C)c2ccc(F)cc2)CC(=O)Nc2ccccc2)c(OCc2ccccc2)c1. The number of amides is 1. The van der Waals surface area contributed by atoms with Gasteiger partial charge in [0.15, 0.2) is 8.32 Å². The average molecular weight is 658 g/mol. The molecule has 3 atom stereocenters. The minimum absolute atomic E-state index is 0.0478. The molecule has 1 unspecified atom stereocenters. The van der Waals surface area contributed by atoms with Gasteiger partial charge in [-0.05, 0) is 84.4 Å². The Kier molecular flexibility index (Phi) is 12.4. The monoisotopic (exact) mass is 657 g/mol. The Morgan fingerprint density at radius 3 is 2.15 bits per heavy atom. The van der Waals surface area contributed by atoms with Crippen LogP contribution in [0.4, 0.5) is 10.1 Å². The third kappa shape index (κ3) is 10.3. The summed E-state index contributed by atoms with van der Waals surface area (Å²) in [6.45, 7) is 11.2. The number of halogens is 1. The van der Waals surface area contributed by atoms with E-state index in [0.29, 0.717) is 42.2 Å². The van der Waals surface area contributed by atoms with Crippen LogP contribution in [0, 0.1) is 11.7 Å². The first-order valence-electron chi connectivity index (χ1n) is 16.2. The normalized spacial score (nSPS) is 13.8. The molecule has 0 aliphatic carbocycles. The predicted octanol–water partition coefficient (Wildman–Crippen LogP) is 9.63. The molecule has 4 rings (SSSR count). The van der Waals surface area contributed by atoms with Crippen LogP contribution in [0.25, 0.3) is 0 Å². The Morgan fingerprint density at radius 1 is 0.894 bits per heavy atom. The van der Waals surface area contributed by atoms with Gasteiger partial charge in [0.25, 0.3) is 0 Å². The van der Waals surface area contributed by atoms with Crippen molar-refractivity contribution in [2.45, 2.75) is 77.0 Å². The number of rotatable bonds is 15. The van der Waals surface area contributed by atoms with Crippen LogP contribution in [0.2, 0.25) is 18.1 Å². The highest BCUT2D eigenvalue weighted by atomic mass is 28.4. The minimum Gasteiger partial charge on any atom is -0.497 e. The van der Waals surface area contributed by atoms with Crippen LogP contribution >= 0.6 is 0 Å². The smallest absolute Gasteiger partial charge is 0.224 e. The predicted molar refractivity (Wildman–Crippen MR) is 189 cm³/mol. The fourth-order valence-corrected chi connectivity index (χ4v) is 6.53. The molecule has 250 valence electrons. The number of carbonyl (C=O) groups excluding carboxylic acids is 1. The van der Waals surface area contributed by atoms with E-state index in [1.54, 1.807) is 37.4 Å². The molecule has 1 amide bonds. The molecule has 0 spiro atoms. The second-order valence-electron chi connectivity index (χ2n) is 13.5. The van der Waals surface area contributed by atoms with Gasteiger partial charge >= 0.3 is 0 Å².